The summed E-state index contributed by atoms with van der Waals surface area (Å²) in [5.41, 5.74) is 5.13. The zero-order valence-corrected chi connectivity index (χ0v) is 11.1. The average molecular weight is 301 g/mol. The number of nitrogens with one attached hydrogen (secondary N) is 2. The summed E-state index contributed by atoms with van der Waals surface area (Å²) in [6.45, 7) is 0. The van der Waals surface area contributed by atoms with E-state index in [9.17, 15) is 19.7 Å². The number of carbonyl (C=O) groups is 2. The van der Waals surface area contributed by atoms with Crippen molar-refractivity contribution < 1.29 is 19.6 Å². The topological polar surface area (TPSA) is 122 Å². The molecule has 8 nitrogen and oxygen atoms in total. The van der Waals surface area contributed by atoms with Crippen molar-refractivity contribution in [1.29, 1.82) is 0 Å². The first-order chi connectivity index (χ1) is 10.5. The molecule has 3 N–H and O–H groups in total. The molecule has 0 atom stereocenters. The third-order valence-corrected chi connectivity index (χ3v) is 2.80. The van der Waals surface area contributed by atoms with E-state index in [4.69, 9.17) is 5.11 Å². The molecule has 0 saturated carbocycles. The Hall–Kier alpha value is -3.42. The van der Waals surface area contributed by atoms with Gasteiger partial charge in [0.15, 0.2) is 0 Å². The summed E-state index contributed by atoms with van der Waals surface area (Å²) in [5.74, 6) is -1.84. The van der Waals surface area contributed by atoms with Crippen LogP contribution < -0.4 is 10.9 Å². The molecule has 112 valence electrons. The van der Waals surface area contributed by atoms with Crippen LogP contribution in [-0.2, 0) is 0 Å². The standard InChI is InChI=1S/C14H11N3O5/c18-13(11-3-1-2-4-12(11)14(19)20)16-15-9-5-7-10(8-6-9)17(21)22/h1-8,15H,(H,16,18)(H,19,20). The van der Waals surface area contributed by atoms with Gasteiger partial charge in [-0.1, -0.05) is 12.1 Å². The number of hydrazine groups is 1. The average Bonchev–Trinajstić information content (AvgIpc) is 2.53. The van der Waals surface area contributed by atoms with E-state index >= 15 is 0 Å². The molecule has 2 aromatic rings. The number of carboxylic acids is 1. The molecule has 2 rings (SSSR count). The number of nitro groups is 1. The van der Waals surface area contributed by atoms with Gasteiger partial charge >= 0.3 is 5.97 Å². The quantitative estimate of drug-likeness (QED) is 0.574. The lowest BCUT2D eigenvalue weighted by Gasteiger charge is -2.09. The van der Waals surface area contributed by atoms with Gasteiger partial charge in [-0.3, -0.25) is 25.8 Å². The highest BCUT2D eigenvalue weighted by Gasteiger charge is 2.15. The summed E-state index contributed by atoms with van der Waals surface area (Å²) in [6, 6.07) is 11.2. The van der Waals surface area contributed by atoms with Gasteiger partial charge in [0.05, 0.1) is 21.7 Å². The number of anilines is 1. The van der Waals surface area contributed by atoms with Crippen LogP contribution in [0.1, 0.15) is 20.7 Å². The highest BCUT2D eigenvalue weighted by atomic mass is 16.6. The van der Waals surface area contributed by atoms with Crippen molar-refractivity contribution >= 4 is 23.3 Å². The summed E-state index contributed by atoms with van der Waals surface area (Å²) < 4.78 is 0. The minimum atomic E-state index is -1.21. The third-order valence-electron chi connectivity index (χ3n) is 2.80. The Kier molecular flexibility index (Phi) is 4.33. The first-order valence-corrected chi connectivity index (χ1v) is 6.12. The lowest BCUT2D eigenvalue weighted by atomic mass is 10.1. The zero-order valence-electron chi connectivity index (χ0n) is 11.1. The molecule has 0 fully saturated rings. The maximum absolute atomic E-state index is 12.0. The molecule has 1 amide bonds. The molecule has 0 saturated heterocycles. The van der Waals surface area contributed by atoms with Crippen molar-refractivity contribution in [3.63, 3.8) is 0 Å². The molecule has 2 aromatic carbocycles. The number of aromatic carboxylic acids is 1. The predicted octanol–water partition coefficient (Wildman–Crippen LogP) is 2.05. The number of rotatable bonds is 5. The van der Waals surface area contributed by atoms with Crippen LogP contribution in [0.5, 0.6) is 0 Å². The molecule has 0 radical (unpaired) electrons. The third kappa shape index (κ3) is 3.37. The van der Waals surface area contributed by atoms with Crippen LogP contribution in [0.4, 0.5) is 11.4 Å². The summed E-state index contributed by atoms with van der Waals surface area (Å²) >= 11 is 0. The van der Waals surface area contributed by atoms with Crippen LogP contribution in [0.2, 0.25) is 0 Å². The van der Waals surface area contributed by atoms with Crippen LogP contribution in [0, 0.1) is 10.1 Å². The molecule has 0 aliphatic carbocycles. The summed E-state index contributed by atoms with van der Waals surface area (Å²) in [5, 5.41) is 19.5. The maximum atomic E-state index is 12.0. The Labute approximate surface area is 124 Å². The smallest absolute Gasteiger partial charge is 0.336 e. The molecular formula is C14H11N3O5. The number of hydrogen-bond acceptors (Lipinski definition) is 5. The number of benzene rings is 2. The van der Waals surface area contributed by atoms with E-state index < -0.39 is 16.8 Å². The molecule has 0 aliphatic rings. The van der Waals surface area contributed by atoms with Crippen LogP contribution in [0.25, 0.3) is 0 Å². The van der Waals surface area contributed by atoms with Gasteiger partial charge in [0.2, 0.25) is 0 Å². The lowest BCUT2D eigenvalue weighted by molar-refractivity contribution is -0.384. The Bertz CT molecular complexity index is 728. The Morgan fingerprint density at radius 3 is 2.14 bits per heavy atom. The number of carbonyl (C=O) groups excluding carboxylic acids is 1. The molecule has 0 heterocycles. The van der Waals surface area contributed by atoms with Crippen LogP contribution in [-0.4, -0.2) is 21.9 Å². The Morgan fingerprint density at radius 2 is 1.59 bits per heavy atom. The van der Waals surface area contributed by atoms with Gasteiger partial charge in [0, 0.05) is 12.1 Å². The summed E-state index contributed by atoms with van der Waals surface area (Å²) in [7, 11) is 0. The summed E-state index contributed by atoms with van der Waals surface area (Å²) in [4.78, 5) is 33.0. The van der Waals surface area contributed by atoms with Crippen molar-refractivity contribution in [2.24, 2.45) is 0 Å². The molecule has 0 unspecified atom stereocenters. The van der Waals surface area contributed by atoms with Gasteiger partial charge in [-0.15, -0.1) is 0 Å². The highest BCUT2D eigenvalue weighted by molar-refractivity contribution is 6.05. The van der Waals surface area contributed by atoms with Crippen molar-refractivity contribution in [3.8, 4) is 0 Å². The van der Waals surface area contributed by atoms with E-state index in [0.29, 0.717) is 5.69 Å². The number of amides is 1. The SMILES string of the molecule is O=C(O)c1ccccc1C(=O)NNc1ccc([N+](=O)[O-])cc1. The fourth-order valence-electron chi connectivity index (χ4n) is 1.73. The van der Waals surface area contributed by atoms with E-state index in [0.717, 1.165) is 0 Å². The van der Waals surface area contributed by atoms with E-state index in [1.54, 1.807) is 6.07 Å². The first-order valence-electron chi connectivity index (χ1n) is 6.12. The van der Waals surface area contributed by atoms with E-state index in [2.05, 4.69) is 10.9 Å². The fraction of sp³-hybridized carbons (Fsp3) is 0. The lowest BCUT2D eigenvalue weighted by Crippen LogP contribution is -2.30. The van der Waals surface area contributed by atoms with Crippen molar-refractivity contribution in [1.82, 2.24) is 5.43 Å². The zero-order chi connectivity index (χ0) is 16.1. The highest BCUT2D eigenvalue weighted by Crippen LogP contribution is 2.15. The van der Waals surface area contributed by atoms with Crippen LogP contribution in [0.15, 0.2) is 48.5 Å². The van der Waals surface area contributed by atoms with Crippen LogP contribution >= 0.6 is 0 Å². The molecular weight excluding hydrogens is 290 g/mol. The van der Waals surface area contributed by atoms with Gasteiger partial charge in [-0.25, -0.2) is 4.79 Å². The monoisotopic (exact) mass is 301 g/mol. The maximum Gasteiger partial charge on any atom is 0.336 e. The minimum absolute atomic E-state index is 0.00408. The number of nitrogens with zero attached hydrogens (tertiary/aromatic N) is 1. The van der Waals surface area contributed by atoms with Crippen molar-refractivity contribution in [3.05, 3.63) is 69.8 Å². The molecule has 22 heavy (non-hydrogen) atoms. The number of carboxylic acid groups (broad SMARTS) is 1. The van der Waals surface area contributed by atoms with E-state index in [-0.39, 0.29) is 16.8 Å². The van der Waals surface area contributed by atoms with Crippen LogP contribution in [0.3, 0.4) is 0 Å². The number of non-ortho nitro benzene ring substituents is 1. The number of nitro benzene ring substituents is 1. The van der Waals surface area contributed by atoms with Gasteiger partial charge < -0.3 is 5.11 Å². The summed E-state index contributed by atoms with van der Waals surface area (Å²) in [6.07, 6.45) is 0. The Balaban J connectivity index is 2.07. The molecule has 0 aliphatic heterocycles. The second-order valence-electron chi connectivity index (χ2n) is 4.23. The minimum Gasteiger partial charge on any atom is -0.478 e. The molecule has 0 spiro atoms. The van der Waals surface area contributed by atoms with Gasteiger partial charge in [-0.05, 0) is 24.3 Å². The van der Waals surface area contributed by atoms with Gasteiger partial charge in [0.1, 0.15) is 0 Å². The Morgan fingerprint density at radius 1 is 1.00 bits per heavy atom. The molecule has 0 bridgehead atoms. The largest absolute Gasteiger partial charge is 0.478 e. The van der Waals surface area contributed by atoms with Gasteiger partial charge in [-0.2, -0.15) is 0 Å². The van der Waals surface area contributed by atoms with Crippen molar-refractivity contribution in [2.45, 2.75) is 0 Å². The molecule has 8 heteroatoms. The fourth-order valence-corrected chi connectivity index (χ4v) is 1.73. The first kappa shape index (κ1) is 15.0. The second kappa shape index (κ2) is 6.35. The van der Waals surface area contributed by atoms with E-state index in [1.807, 2.05) is 0 Å². The molecule has 0 aromatic heterocycles. The second-order valence-corrected chi connectivity index (χ2v) is 4.23. The van der Waals surface area contributed by atoms with Crippen molar-refractivity contribution in [2.75, 3.05) is 5.43 Å². The predicted molar refractivity (Wildman–Crippen MR) is 77.6 cm³/mol. The normalized spacial score (nSPS) is 9.82. The van der Waals surface area contributed by atoms with Gasteiger partial charge in [0.25, 0.3) is 11.6 Å². The number of hydrogen-bond donors (Lipinski definition) is 3. The van der Waals surface area contributed by atoms with E-state index in [1.165, 1.54) is 42.5 Å².